The minimum atomic E-state index is -0.266. The minimum Gasteiger partial charge on any atom is -0.504 e. The molecule has 0 bridgehead atoms. The highest BCUT2D eigenvalue weighted by Crippen LogP contribution is 2.32. The predicted molar refractivity (Wildman–Crippen MR) is 79.5 cm³/mol. The molecule has 1 rings (SSSR count). The van der Waals surface area contributed by atoms with Crippen molar-refractivity contribution in [3.05, 3.63) is 22.2 Å². The number of hydrogen-bond acceptors (Lipinski definition) is 4. The summed E-state index contributed by atoms with van der Waals surface area (Å²) in [6, 6.07) is 3.45. The lowest BCUT2D eigenvalue weighted by atomic mass is 10.0. The van der Waals surface area contributed by atoms with E-state index in [0.717, 1.165) is 23.0 Å². The maximum Gasteiger partial charge on any atom is 0.160 e. The van der Waals surface area contributed by atoms with Gasteiger partial charge in [0.2, 0.25) is 0 Å². The number of benzene rings is 1. The van der Waals surface area contributed by atoms with Crippen molar-refractivity contribution in [1.82, 2.24) is 5.32 Å². The first kappa shape index (κ1) is 16.3. The van der Waals surface area contributed by atoms with Crippen LogP contribution in [-0.2, 0) is 6.54 Å². The molecule has 108 valence electrons. The van der Waals surface area contributed by atoms with Gasteiger partial charge in [-0.1, -0.05) is 22.9 Å². The number of aliphatic hydroxyl groups excluding tert-OH is 1. The zero-order valence-corrected chi connectivity index (χ0v) is 13.2. The molecule has 0 saturated heterocycles. The first-order chi connectivity index (χ1) is 8.93. The maximum atomic E-state index is 9.63. The number of phenols is 1. The van der Waals surface area contributed by atoms with Gasteiger partial charge in [0.05, 0.1) is 13.2 Å². The lowest BCUT2D eigenvalue weighted by Gasteiger charge is -2.15. The fourth-order valence-electron chi connectivity index (χ4n) is 2.00. The lowest BCUT2D eigenvalue weighted by molar-refractivity contribution is 0.163. The molecule has 0 aliphatic rings. The summed E-state index contributed by atoms with van der Waals surface area (Å²) in [5.41, 5.74) is 1.03. The molecule has 0 radical (unpaired) electrons. The molecule has 3 N–H and O–H groups in total. The largest absolute Gasteiger partial charge is 0.504 e. The van der Waals surface area contributed by atoms with E-state index in [2.05, 4.69) is 28.2 Å². The van der Waals surface area contributed by atoms with Crippen molar-refractivity contribution >= 4 is 15.9 Å². The van der Waals surface area contributed by atoms with Gasteiger partial charge in [-0.3, -0.25) is 0 Å². The Balaban J connectivity index is 2.53. The molecule has 19 heavy (non-hydrogen) atoms. The summed E-state index contributed by atoms with van der Waals surface area (Å²) in [5, 5.41) is 22.3. The van der Waals surface area contributed by atoms with Gasteiger partial charge < -0.3 is 20.3 Å². The molecule has 0 aliphatic heterocycles. The highest BCUT2D eigenvalue weighted by atomic mass is 79.9. The second-order valence-electron chi connectivity index (χ2n) is 4.94. The second-order valence-corrected chi connectivity index (χ2v) is 5.79. The number of halogens is 1. The third-order valence-electron chi connectivity index (χ3n) is 2.90. The Labute approximate surface area is 122 Å². The first-order valence-corrected chi connectivity index (χ1v) is 7.17. The van der Waals surface area contributed by atoms with Crippen molar-refractivity contribution < 1.29 is 14.9 Å². The van der Waals surface area contributed by atoms with E-state index in [1.807, 2.05) is 6.07 Å². The Bertz CT molecular complexity index is 410. The third-order valence-corrected chi connectivity index (χ3v) is 3.64. The minimum absolute atomic E-state index is 0.126. The molecule has 0 fully saturated rings. The number of aliphatic hydroxyl groups is 1. The molecule has 4 nitrogen and oxygen atoms in total. The fraction of sp³-hybridized carbons (Fsp3) is 0.571. The van der Waals surface area contributed by atoms with Gasteiger partial charge in [-0.15, -0.1) is 0 Å². The van der Waals surface area contributed by atoms with Gasteiger partial charge in [-0.25, -0.2) is 0 Å². The molecule has 0 spiro atoms. The van der Waals surface area contributed by atoms with Crippen molar-refractivity contribution in [1.29, 1.82) is 0 Å². The molecule has 2 unspecified atom stereocenters. The highest BCUT2D eigenvalue weighted by molar-refractivity contribution is 9.10. The summed E-state index contributed by atoms with van der Waals surface area (Å²) >= 11 is 3.42. The molecule has 0 aliphatic carbocycles. The van der Waals surface area contributed by atoms with Crippen LogP contribution in [0.4, 0.5) is 0 Å². The molecule has 0 heterocycles. The fourth-order valence-corrected chi connectivity index (χ4v) is 2.47. The van der Waals surface area contributed by atoms with Crippen LogP contribution in [0, 0.1) is 5.92 Å². The summed E-state index contributed by atoms with van der Waals surface area (Å²) in [6.45, 7) is 5.42. The van der Waals surface area contributed by atoms with Crippen LogP contribution in [0.3, 0.4) is 0 Å². The summed E-state index contributed by atoms with van der Waals surface area (Å²) in [7, 11) is 1.53. The third kappa shape index (κ3) is 5.38. The number of nitrogens with one attached hydrogen (secondary N) is 1. The van der Waals surface area contributed by atoms with Crippen LogP contribution in [0.5, 0.6) is 11.5 Å². The van der Waals surface area contributed by atoms with E-state index < -0.39 is 0 Å². The second kappa shape index (κ2) is 7.72. The first-order valence-electron chi connectivity index (χ1n) is 6.38. The van der Waals surface area contributed by atoms with E-state index in [1.165, 1.54) is 7.11 Å². The normalized spacial score (nSPS) is 14.2. The van der Waals surface area contributed by atoms with Crippen molar-refractivity contribution in [2.45, 2.75) is 32.9 Å². The Morgan fingerprint density at radius 3 is 2.63 bits per heavy atom. The summed E-state index contributed by atoms with van der Waals surface area (Å²) in [4.78, 5) is 0. The molecule has 0 amide bonds. The van der Waals surface area contributed by atoms with E-state index >= 15 is 0 Å². The van der Waals surface area contributed by atoms with E-state index in [-0.39, 0.29) is 11.9 Å². The number of hydrogen-bond donors (Lipinski definition) is 3. The Hall–Kier alpha value is -0.780. The van der Waals surface area contributed by atoms with E-state index in [4.69, 9.17) is 4.74 Å². The quantitative estimate of drug-likeness (QED) is 0.718. The Kier molecular flexibility index (Phi) is 6.62. The van der Waals surface area contributed by atoms with Gasteiger partial charge in [-0.2, -0.15) is 0 Å². The zero-order valence-electron chi connectivity index (χ0n) is 11.6. The zero-order chi connectivity index (χ0) is 14.4. The van der Waals surface area contributed by atoms with Crippen molar-refractivity contribution in [3.63, 3.8) is 0 Å². The standard InChI is InChI=1S/C14H22BrNO3/c1-9(4-10(2)17)7-16-8-11-5-14(19-3)13(18)6-12(11)15/h5-6,9-10,16-18H,4,7-8H2,1-3H3. The van der Waals surface area contributed by atoms with Gasteiger partial charge in [-0.05, 0) is 43.5 Å². The SMILES string of the molecule is COc1cc(CNCC(C)CC(C)O)c(Br)cc1O. The summed E-state index contributed by atoms with van der Waals surface area (Å²) < 4.78 is 5.94. The van der Waals surface area contributed by atoms with Crippen molar-refractivity contribution in [3.8, 4) is 11.5 Å². The van der Waals surface area contributed by atoms with Crippen LogP contribution in [0.2, 0.25) is 0 Å². The molecule has 5 heteroatoms. The molecule has 1 aromatic rings. The molecule has 0 aromatic heterocycles. The van der Waals surface area contributed by atoms with Crippen molar-refractivity contribution in [2.75, 3.05) is 13.7 Å². The number of ether oxygens (including phenoxy) is 1. The summed E-state index contributed by atoms with van der Waals surface area (Å²) in [5.74, 6) is 1.01. The number of aromatic hydroxyl groups is 1. The van der Waals surface area contributed by atoms with Crippen LogP contribution in [-0.4, -0.2) is 30.0 Å². The maximum absolute atomic E-state index is 9.63. The summed E-state index contributed by atoms with van der Waals surface area (Å²) in [6.07, 6.45) is 0.518. The van der Waals surface area contributed by atoms with Crippen molar-refractivity contribution in [2.24, 2.45) is 5.92 Å². The topological polar surface area (TPSA) is 61.7 Å². The van der Waals surface area contributed by atoms with Crippen LogP contribution < -0.4 is 10.1 Å². The van der Waals surface area contributed by atoms with Gasteiger partial charge in [0.15, 0.2) is 11.5 Å². The highest BCUT2D eigenvalue weighted by Gasteiger charge is 2.09. The lowest BCUT2D eigenvalue weighted by Crippen LogP contribution is -2.23. The van der Waals surface area contributed by atoms with Gasteiger partial charge in [0.25, 0.3) is 0 Å². The van der Waals surface area contributed by atoms with Gasteiger partial charge >= 0.3 is 0 Å². The van der Waals surface area contributed by atoms with Crippen LogP contribution in [0.1, 0.15) is 25.8 Å². The number of phenolic OH excluding ortho intramolecular Hbond substituents is 1. The van der Waals surface area contributed by atoms with E-state index in [0.29, 0.717) is 18.2 Å². The predicted octanol–water partition coefficient (Wildman–Crippen LogP) is 2.66. The van der Waals surface area contributed by atoms with Crippen LogP contribution in [0.25, 0.3) is 0 Å². The van der Waals surface area contributed by atoms with E-state index in [1.54, 1.807) is 13.0 Å². The van der Waals surface area contributed by atoms with Crippen LogP contribution in [0.15, 0.2) is 16.6 Å². The molecule has 2 atom stereocenters. The molecule has 1 aromatic carbocycles. The Morgan fingerprint density at radius 2 is 2.05 bits per heavy atom. The number of rotatable bonds is 7. The van der Waals surface area contributed by atoms with Crippen LogP contribution >= 0.6 is 15.9 Å². The molecular weight excluding hydrogens is 310 g/mol. The molecular formula is C14H22BrNO3. The van der Waals surface area contributed by atoms with E-state index in [9.17, 15) is 10.2 Å². The van der Waals surface area contributed by atoms with Gasteiger partial charge in [0.1, 0.15) is 0 Å². The molecule has 0 saturated carbocycles. The smallest absolute Gasteiger partial charge is 0.160 e. The number of methoxy groups -OCH3 is 1. The average Bonchev–Trinajstić information content (AvgIpc) is 2.31. The monoisotopic (exact) mass is 331 g/mol. The Morgan fingerprint density at radius 1 is 1.37 bits per heavy atom. The average molecular weight is 332 g/mol. The van der Waals surface area contributed by atoms with Gasteiger partial charge in [0, 0.05) is 11.0 Å².